The van der Waals surface area contributed by atoms with Gasteiger partial charge in [-0.25, -0.2) is 5.43 Å². The number of hydrazone groups is 1. The second-order valence-electron chi connectivity index (χ2n) is 8.39. The van der Waals surface area contributed by atoms with Crippen molar-refractivity contribution in [1.29, 1.82) is 0 Å². The molecule has 0 atom stereocenters. The first-order chi connectivity index (χ1) is 19.1. The molecule has 0 saturated heterocycles. The van der Waals surface area contributed by atoms with Gasteiger partial charge < -0.3 is 18.9 Å². The Balaban J connectivity index is 1.37. The van der Waals surface area contributed by atoms with E-state index in [0.717, 1.165) is 21.2 Å². The molecule has 0 heterocycles. The third-order valence-electron chi connectivity index (χ3n) is 5.61. The molecule has 0 aliphatic carbocycles. The fourth-order valence-corrected chi connectivity index (χ4v) is 3.91. The van der Waals surface area contributed by atoms with E-state index in [4.69, 9.17) is 18.9 Å². The van der Waals surface area contributed by atoms with Gasteiger partial charge in [0.15, 0.2) is 23.0 Å². The molecule has 4 aromatic carbocycles. The van der Waals surface area contributed by atoms with Gasteiger partial charge in [0.1, 0.15) is 13.2 Å². The van der Waals surface area contributed by atoms with Crippen molar-refractivity contribution in [2.24, 2.45) is 5.10 Å². The van der Waals surface area contributed by atoms with E-state index < -0.39 is 0 Å². The van der Waals surface area contributed by atoms with Crippen LogP contribution in [0.4, 0.5) is 0 Å². The van der Waals surface area contributed by atoms with Crippen LogP contribution in [-0.2, 0) is 13.2 Å². The summed E-state index contributed by atoms with van der Waals surface area (Å²) in [7, 11) is 1.62. The molecule has 1 N–H and O–H groups in total. The molecule has 39 heavy (non-hydrogen) atoms. The summed E-state index contributed by atoms with van der Waals surface area (Å²) in [5.74, 6) is 2.17. The van der Waals surface area contributed by atoms with Gasteiger partial charge in [-0.2, -0.15) is 5.10 Å². The van der Waals surface area contributed by atoms with Gasteiger partial charge in [0.05, 0.1) is 19.9 Å². The van der Waals surface area contributed by atoms with Crippen molar-refractivity contribution >= 4 is 28.1 Å². The Kier molecular flexibility index (Phi) is 9.97. The van der Waals surface area contributed by atoms with Gasteiger partial charge in [-0.15, -0.1) is 0 Å². The Hall–Kier alpha value is -4.30. The van der Waals surface area contributed by atoms with Crippen LogP contribution in [0.15, 0.2) is 101 Å². The predicted octanol–water partition coefficient (Wildman–Crippen LogP) is 6.78. The van der Waals surface area contributed by atoms with Crippen molar-refractivity contribution in [2.45, 2.75) is 20.1 Å². The first kappa shape index (κ1) is 27.7. The predicted molar refractivity (Wildman–Crippen MR) is 155 cm³/mol. The summed E-state index contributed by atoms with van der Waals surface area (Å²) in [5.41, 5.74) is 5.80. The molecule has 200 valence electrons. The number of nitrogens with one attached hydrogen (secondary N) is 1. The summed E-state index contributed by atoms with van der Waals surface area (Å²) in [6.07, 6.45) is 1.56. The van der Waals surface area contributed by atoms with Gasteiger partial charge in [0.2, 0.25) is 0 Å². The normalized spacial score (nSPS) is 10.7. The smallest absolute Gasteiger partial charge is 0.271 e. The number of hydrogen-bond acceptors (Lipinski definition) is 6. The van der Waals surface area contributed by atoms with E-state index in [9.17, 15) is 4.79 Å². The molecule has 4 aromatic rings. The number of hydrogen-bond donors (Lipinski definition) is 1. The summed E-state index contributed by atoms with van der Waals surface area (Å²) >= 11 is 3.36. The Bertz CT molecular complexity index is 1410. The highest BCUT2D eigenvalue weighted by Crippen LogP contribution is 2.32. The summed E-state index contributed by atoms with van der Waals surface area (Å²) < 4.78 is 24.2. The largest absolute Gasteiger partial charge is 0.493 e. The quantitative estimate of drug-likeness (QED) is 0.146. The molecule has 0 aromatic heterocycles. The van der Waals surface area contributed by atoms with Crippen LogP contribution < -0.4 is 24.4 Å². The maximum atomic E-state index is 12.3. The van der Waals surface area contributed by atoms with E-state index in [0.29, 0.717) is 48.4 Å². The Morgan fingerprint density at radius 2 is 1.49 bits per heavy atom. The molecule has 0 spiro atoms. The Labute approximate surface area is 236 Å². The minimum atomic E-state index is -0.296. The maximum Gasteiger partial charge on any atom is 0.271 e. The Morgan fingerprint density at radius 1 is 0.795 bits per heavy atom. The van der Waals surface area contributed by atoms with Crippen molar-refractivity contribution in [3.63, 3.8) is 0 Å². The zero-order valence-corrected chi connectivity index (χ0v) is 23.3. The SMILES string of the molecule is CCOc1cc(/C=N/NC(=O)c2ccc(Br)cc2)ccc1OCc1ccc(OCc2ccccc2)c(OC)c1. The summed E-state index contributed by atoms with van der Waals surface area (Å²) in [5, 5.41) is 4.07. The number of nitrogens with zero attached hydrogens (tertiary/aromatic N) is 1. The highest BCUT2D eigenvalue weighted by molar-refractivity contribution is 9.10. The first-order valence-corrected chi connectivity index (χ1v) is 13.2. The van der Waals surface area contributed by atoms with Crippen LogP contribution in [0.2, 0.25) is 0 Å². The van der Waals surface area contributed by atoms with Crippen molar-refractivity contribution in [1.82, 2.24) is 5.43 Å². The molecule has 0 radical (unpaired) electrons. The molecule has 0 bridgehead atoms. The molecule has 0 aliphatic heterocycles. The van der Waals surface area contributed by atoms with E-state index in [1.165, 1.54) is 0 Å². The summed E-state index contributed by atoms with van der Waals surface area (Å²) in [6.45, 7) is 3.14. The number of carbonyl (C=O) groups is 1. The average molecular weight is 589 g/mol. The molecule has 0 aliphatic rings. The van der Waals surface area contributed by atoms with Crippen LogP contribution in [0.3, 0.4) is 0 Å². The lowest BCUT2D eigenvalue weighted by molar-refractivity contribution is 0.0955. The van der Waals surface area contributed by atoms with E-state index in [1.807, 2.05) is 73.7 Å². The molecular weight excluding hydrogens is 560 g/mol. The van der Waals surface area contributed by atoms with E-state index >= 15 is 0 Å². The Morgan fingerprint density at radius 3 is 2.21 bits per heavy atom. The van der Waals surface area contributed by atoms with Gasteiger partial charge in [-0.05, 0) is 78.2 Å². The topological polar surface area (TPSA) is 78.4 Å². The number of halogens is 1. The van der Waals surface area contributed by atoms with E-state index in [1.54, 1.807) is 37.6 Å². The zero-order valence-electron chi connectivity index (χ0n) is 21.7. The van der Waals surface area contributed by atoms with Crippen molar-refractivity contribution in [3.8, 4) is 23.0 Å². The van der Waals surface area contributed by atoms with Gasteiger partial charge in [-0.3, -0.25) is 4.79 Å². The van der Waals surface area contributed by atoms with Crippen molar-refractivity contribution in [2.75, 3.05) is 13.7 Å². The van der Waals surface area contributed by atoms with Gasteiger partial charge in [-0.1, -0.05) is 52.3 Å². The second kappa shape index (κ2) is 14.0. The van der Waals surface area contributed by atoms with Gasteiger partial charge in [0.25, 0.3) is 5.91 Å². The highest BCUT2D eigenvalue weighted by Gasteiger charge is 2.10. The average Bonchev–Trinajstić information content (AvgIpc) is 2.97. The van der Waals surface area contributed by atoms with Crippen LogP contribution >= 0.6 is 15.9 Å². The first-order valence-electron chi connectivity index (χ1n) is 12.4. The van der Waals surface area contributed by atoms with Gasteiger partial charge in [0, 0.05) is 10.0 Å². The molecule has 4 rings (SSSR count). The number of ether oxygens (including phenoxy) is 4. The lowest BCUT2D eigenvalue weighted by atomic mass is 10.2. The molecular formula is C31H29BrN2O5. The highest BCUT2D eigenvalue weighted by atomic mass is 79.9. The summed E-state index contributed by atoms with van der Waals surface area (Å²) in [4.78, 5) is 12.3. The fraction of sp³-hybridized carbons (Fsp3) is 0.161. The number of amides is 1. The van der Waals surface area contributed by atoms with Crippen molar-refractivity contribution < 1.29 is 23.7 Å². The second-order valence-corrected chi connectivity index (χ2v) is 9.31. The van der Waals surface area contributed by atoms with Crippen LogP contribution in [0.5, 0.6) is 23.0 Å². The molecule has 0 fully saturated rings. The standard InChI is InChI=1S/C31H29BrN2O5/c1-3-37-30-17-23(19-33-34-31(35)25-11-13-26(32)14-12-25)9-15-28(30)39-21-24-10-16-27(29(18-24)36-2)38-20-22-7-5-4-6-8-22/h4-19H,3,20-21H2,1-2H3,(H,34,35)/b33-19+. The number of benzene rings is 4. The molecule has 8 heteroatoms. The van der Waals surface area contributed by atoms with Crippen molar-refractivity contribution in [3.05, 3.63) is 118 Å². The lowest BCUT2D eigenvalue weighted by Gasteiger charge is -2.15. The summed E-state index contributed by atoms with van der Waals surface area (Å²) in [6, 6.07) is 28.2. The third kappa shape index (κ3) is 8.09. The molecule has 1 amide bonds. The van der Waals surface area contributed by atoms with Gasteiger partial charge >= 0.3 is 0 Å². The lowest BCUT2D eigenvalue weighted by Crippen LogP contribution is -2.17. The monoisotopic (exact) mass is 588 g/mol. The minimum absolute atomic E-state index is 0.296. The number of methoxy groups -OCH3 is 1. The number of rotatable bonds is 12. The fourth-order valence-electron chi connectivity index (χ4n) is 3.64. The van der Waals surface area contributed by atoms with E-state index in [-0.39, 0.29) is 5.91 Å². The van der Waals surface area contributed by atoms with E-state index in [2.05, 4.69) is 26.5 Å². The molecule has 0 saturated carbocycles. The van der Waals surface area contributed by atoms with Crippen LogP contribution in [-0.4, -0.2) is 25.8 Å². The number of carbonyl (C=O) groups excluding carboxylic acids is 1. The molecule has 0 unspecified atom stereocenters. The zero-order chi connectivity index (χ0) is 27.5. The third-order valence-corrected chi connectivity index (χ3v) is 6.14. The van der Waals surface area contributed by atoms with Crippen LogP contribution in [0, 0.1) is 0 Å². The molecule has 7 nitrogen and oxygen atoms in total. The maximum absolute atomic E-state index is 12.3. The minimum Gasteiger partial charge on any atom is -0.493 e. The van der Waals surface area contributed by atoms with Crippen LogP contribution in [0.1, 0.15) is 34.0 Å². The van der Waals surface area contributed by atoms with Crippen LogP contribution in [0.25, 0.3) is 0 Å².